The molecule has 0 heterocycles. The molecule has 0 aromatic heterocycles. The van der Waals surface area contributed by atoms with Gasteiger partial charge in [0.25, 0.3) is 0 Å². The molecule has 1 aliphatic carbocycles. The minimum Gasteiger partial charge on any atom is -0.465 e. The highest BCUT2D eigenvalue weighted by molar-refractivity contribution is 9.09. The molecule has 0 atom stereocenters. The van der Waals surface area contributed by atoms with Gasteiger partial charge < -0.3 is 10.4 Å². The monoisotopic (exact) mass is 249 g/mol. The Labute approximate surface area is 87.0 Å². The molecule has 1 fully saturated rings. The molecule has 13 heavy (non-hydrogen) atoms. The zero-order valence-corrected chi connectivity index (χ0v) is 9.22. The van der Waals surface area contributed by atoms with Gasteiger partial charge in [-0.1, -0.05) is 15.9 Å². The normalized spacial score (nSPS) is 28.4. The fourth-order valence-electron chi connectivity index (χ4n) is 1.92. The molecule has 3 nitrogen and oxygen atoms in total. The van der Waals surface area contributed by atoms with Gasteiger partial charge in [-0.15, -0.1) is 0 Å². The van der Waals surface area contributed by atoms with E-state index in [2.05, 4.69) is 21.2 Å². The van der Waals surface area contributed by atoms with Gasteiger partial charge in [-0.2, -0.15) is 0 Å². The van der Waals surface area contributed by atoms with Crippen molar-refractivity contribution in [2.24, 2.45) is 5.92 Å². The molecule has 2 N–H and O–H groups in total. The summed E-state index contributed by atoms with van der Waals surface area (Å²) >= 11 is 3.43. The molecule has 0 spiro atoms. The van der Waals surface area contributed by atoms with Crippen LogP contribution in [0.2, 0.25) is 0 Å². The molecule has 1 rings (SSSR count). The van der Waals surface area contributed by atoms with Crippen LogP contribution in [0, 0.1) is 5.92 Å². The van der Waals surface area contributed by atoms with Crippen LogP contribution in [0.4, 0.5) is 4.79 Å². The average Bonchev–Trinajstić information content (AvgIpc) is 2.08. The van der Waals surface area contributed by atoms with Crippen molar-refractivity contribution in [2.75, 3.05) is 5.33 Å². The summed E-state index contributed by atoms with van der Waals surface area (Å²) in [6.07, 6.45) is 4.67. The summed E-state index contributed by atoms with van der Waals surface area (Å²) in [5, 5.41) is 12.1. The molecule has 0 aromatic carbocycles. The lowest BCUT2D eigenvalue weighted by molar-refractivity contribution is 0.182. The van der Waals surface area contributed by atoms with Gasteiger partial charge >= 0.3 is 6.09 Å². The van der Waals surface area contributed by atoms with Crippen LogP contribution < -0.4 is 5.32 Å². The van der Waals surface area contributed by atoms with E-state index in [0.29, 0.717) is 0 Å². The summed E-state index contributed by atoms with van der Waals surface area (Å²) in [7, 11) is 0. The van der Waals surface area contributed by atoms with Gasteiger partial charge in [0.15, 0.2) is 0 Å². The Balaban J connectivity index is 2.18. The number of hydrogen-bond acceptors (Lipinski definition) is 1. The zero-order chi connectivity index (χ0) is 9.68. The highest BCUT2D eigenvalue weighted by Crippen LogP contribution is 2.27. The lowest BCUT2D eigenvalue weighted by atomic mass is 9.85. The van der Waals surface area contributed by atoms with Crippen molar-refractivity contribution in [3.63, 3.8) is 0 Å². The van der Waals surface area contributed by atoms with E-state index in [4.69, 9.17) is 5.11 Å². The predicted octanol–water partition coefficient (Wildman–Crippen LogP) is 2.60. The molecule has 1 amide bonds. The van der Waals surface area contributed by atoms with Gasteiger partial charge in [0.1, 0.15) is 0 Å². The molecule has 0 unspecified atom stereocenters. The minimum atomic E-state index is -0.885. The Morgan fingerprint density at radius 2 is 2.00 bits per heavy atom. The summed E-state index contributed by atoms with van der Waals surface area (Å²) in [6, 6.07) is 0.198. The topological polar surface area (TPSA) is 49.3 Å². The molecule has 0 aliphatic heterocycles. The number of carbonyl (C=O) groups is 1. The van der Waals surface area contributed by atoms with Crippen molar-refractivity contribution < 1.29 is 9.90 Å². The number of halogens is 1. The maximum atomic E-state index is 10.4. The number of rotatable bonds is 3. The second-order valence-electron chi connectivity index (χ2n) is 3.64. The summed E-state index contributed by atoms with van der Waals surface area (Å²) in [6.45, 7) is 0. The lowest BCUT2D eigenvalue weighted by Crippen LogP contribution is -2.36. The van der Waals surface area contributed by atoms with E-state index in [1.165, 1.54) is 6.42 Å². The molecule has 0 bridgehead atoms. The van der Waals surface area contributed by atoms with Gasteiger partial charge in [0.2, 0.25) is 0 Å². The van der Waals surface area contributed by atoms with Gasteiger partial charge in [0, 0.05) is 11.4 Å². The Morgan fingerprint density at radius 3 is 2.46 bits per heavy atom. The molecule has 76 valence electrons. The molecular formula is C9H16BrNO2. The van der Waals surface area contributed by atoms with Crippen LogP contribution >= 0.6 is 15.9 Å². The van der Waals surface area contributed by atoms with Gasteiger partial charge in [-0.25, -0.2) is 4.79 Å². The van der Waals surface area contributed by atoms with Crippen LogP contribution in [0.25, 0.3) is 0 Å². The van der Waals surface area contributed by atoms with Crippen LogP contribution in [-0.2, 0) is 0 Å². The third kappa shape index (κ3) is 3.98. The smallest absolute Gasteiger partial charge is 0.404 e. The van der Waals surface area contributed by atoms with E-state index in [1.807, 2.05) is 0 Å². The molecule has 0 radical (unpaired) electrons. The summed E-state index contributed by atoms with van der Waals surface area (Å²) < 4.78 is 0. The summed E-state index contributed by atoms with van der Waals surface area (Å²) in [5.74, 6) is 0.797. The number of amides is 1. The molecule has 1 saturated carbocycles. The highest BCUT2D eigenvalue weighted by atomic mass is 79.9. The van der Waals surface area contributed by atoms with Crippen molar-refractivity contribution in [1.82, 2.24) is 5.32 Å². The third-order valence-electron chi connectivity index (χ3n) is 2.69. The van der Waals surface area contributed by atoms with Crippen molar-refractivity contribution in [1.29, 1.82) is 0 Å². The fourth-order valence-corrected chi connectivity index (χ4v) is 2.57. The third-order valence-corrected chi connectivity index (χ3v) is 3.15. The number of alkyl halides is 1. The van der Waals surface area contributed by atoms with E-state index in [0.717, 1.165) is 36.9 Å². The van der Waals surface area contributed by atoms with E-state index in [-0.39, 0.29) is 6.04 Å². The van der Waals surface area contributed by atoms with E-state index in [1.54, 1.807) is 0 Å². The first kappa shape index (κ1) is 10.8. The first-order valence-electron chi connectivity index (χ1n) is 4.77. The number of nitrogens with one attached hydrogen (secondary N) is 1. The van der Waals surface area contributed by atoms with Crippen molar-refractivity contribution in [3.05, 3.63) is 0 Å². The largest absolute Gasteiger partial charge is 0.465 e. The first-order chi connectivity index (χ1) is 6.22. The molecule has 1 aliphatic rings. The van der Waals surface area contributed by atoms with Crippen molar-refractivity contribution in [2.45, 2.75) is 38.1 Å². The second kappa shape index (κ2) is 5.47. The van der Waals surface area contributed by atoms with Gasteiger partial charge in [-0.05, 0) is 38.0 Å². The summed E-state index contributed by atoms with van der Waals surface area (Å²) in [4.78, 5) is 10.4. The Bertz CT molecular complexity index is 167. The SMILES string of the molecule is O=C(O)NC1CCC(CCBr)CC1. The Hall–Kier alpha value is -0.250. The zero-order valence-electron chi connectivity index (χ0n) is 7.63. The lowest BCUT2D eigenvalue weighted by Gasteiger charge is -2.27. The standard InChI is InChI=1S/C9H16BrNO2/c10-6-5-7-1-3-8(4-2-7)11-9(12)13/h7-8,11H,1-6H2,(H,12,13). The van der Waals surface area contributed by atoms with E-state index >= 15 is 0 Å². The maximum Gasteiger partial charge on any atom is 0.404 e. The van der Waals surface area contributed by atoms with Gasteiger partial charge in [0.05, 0.1) is 0 Å². The average molecular weight is 250 g/mol. The van der Waals surface area contributed by atoms with E-state index < -0.39 is 6.09 Å². The Kier molecular flexibility index (Phi) is 4.56. The van der Waals surface area contributed by atoms with E-state index in [9.17, 15) is 4.79 Å². The number of hydrogen-bond donors (Lipinski definition) is 2. The van der Waals surface area contributed by atoms with Crippen LogP contribution in [0.3, 0.4) is 0 Å². The molecule has 0 saturated heterocycles. The first-order valence-corrected chi connectivity index (χ1v) is 5.90. The fraction of sp³-hybridized carbons (Fsp3) is 0.889. The van der Waals surface area contributed by atoms with Crippen LogP contribution in [0.5, 0.6) is 0 Å². The Morgan fingerprint density at radius 1 is 1.38 bits per heavy atom. The number of carboxylic acid groups (broad SMARTS) is 1. The van der Waals surface area contributed by atoms with Crippen LogP contribution in [-0.4, -0.2) is 22.6 Å². The maximum absolute atomic E-state index is 10.4. The van der Waals surface area contributed by atoms with Crippen LogP contribution in [0.15, 0.2) is 0 Å². The molecule has 0 aromatic rings. The van der Waals surface area contributed by atoms with Crippen molar-refractivity contribution >= 4 is 22.0 Å². The predicted molar refractivity (Wildman–Crippen MR) is 55.3 cm³/mol. The minimum absolute atomic E-state index is 0.198. The molecule has 4 heteroatoms. The summed E-state index contributed by atoms with van der Waals surface area (Å²) in [5.41, 5.74) is 0. The highest BCUT2D eigenvalue weighted by Gasteiger charge is 2.21. The van der Waals surface area contributed by atoms with Gasteiger partial charge in [-0.3, -0.25) is 0 Å². The van der Waals surface area contributed by atoms with Crippen LogP contribution in [0.1, 0.15) is 32.1 Å². The quantitative estimate of drug-likeness (QED) is 0.756. The van der Waals surface area contributed by atoms with Crippen molar-refractivity contribution in [3.8, 4) is 0 Å². The second-order valence-corrected chi connectivity index (χ2v) is 4.44. The molecular weight excluding hydrogens is 234 g/mol.